The highest BCUT2D eigenvalue weighted by atomic mass is 16.6. The van der Waals surface area contributed by atoms with E-state index in [1.54, 1.807) is 13.2 Å². The SMILES string of the molecule is COc1c(OC(C)=O)ccc2cc[nH]c12. The Bertz CT molecular complexity index is 502. The van der Waals surface area contributed by atoms with Gasteiger partial charge in [-0.3, -0.25) is 4.79 Å². The molecule has 0 radical (unpaired) electrons. The van der Waals surface area contributed by atoms with E-state index in [0.29, 0.717) is 11.5 Å². The lowest BCUT2D eigenvalue weighted by Gasteiger charge is -2.08. The average Bonchev–Trinajstić information content (AvgIpc) is 2.64. The maximum absolute atomic E-state index is 10.9. The van der Waals surface area contributed by atoms with Gasteiger partial charge in [0, 0.05) is 18.5 Å². The number of carbonyl (C=O) groups is 1. The Morgan fingerprint density at radius 1 is 1.33 bits per heavy atom. The first-order valence-electron chi connectivity index (χ1n) is 4.55. The molecule has 0 aliphatic rings. The lowest BCUT2D eigenvalue weighted by atomic mass is 10.2. The highest BCUT2D eigenvalue weighted by Gasteiger charge is 2.11. The van der Waals surface area contributed by atoms with Crippen molar-refractivity contribution in [2.75, 3.05) is 7.11 Å². The fourth-order valence-electron chi connectivity index (χ4n) is 1.52. The third-order valence-corrected chi connectivity index (χ3v) is 2.10. The Balaban J connectivity index is 2.58. The van der Waals surface area contributed by atoms with Crippen LogP contribution in [0.1, 0.15) is 6.92 Å². The summed E-state index contributed by atoms with van der Waals surface area (Å²) in [5, 5.41) is 1.02. The number of H-pyrrole nitrogens is 1. The summed E-state index contributed by atoms with van der Waals surface area (Å²) in [5.41, 5.74) is 0.830. The Kier molecular flexibility index (Phi) is 2.33. The fraction of sp³-hybridized carbons (Fsp3) is 0.182. The van der Waals surface area contributed by atoms with Gasteiger partial charge in [0.15, 0.2) is 11.5 Å². The van der Waals surface area contributed by atoms with Crippen LogP contribution in [0.25, 0.3) is 10.9 Å². The minimum absolute atomic E-state index is 0.362. The van der Waals surface area contributed by atoms with Crippen molar-refractivity contribution in [2.24, 2.45) is 0 Å². The summed E-state index contributed by atoms with van der Waals surface area (Å²) < 4.78 is 10.2. The minimum Gasteiger partial charge on any atom is -0.491 e. The summed E-state index contributed by atoms with van der Waals surface area (Å²) >= 11 is 0. The van der Waals surface area contributed by atoms with E-state index >= 15 is 0 Å². The molecule has 1 aromatic carbocycles. The zero-order valence-corrected chi connectivity index (χ0v) is 8.53. The lowest BCUT2D eigenvalue weighted by molar-refractivity contribution is -0.131. The maximum atomic E-state index is 10.9. The van der Waals surface area contributed by atoms with Gasteiger partial charge in [0.2, 0.25) is 0 Å². The smallest absolute Gasteiger partial charge is 0.308 e. The molecule has 1 heterocycles. The number of hydrogen-bond acceptors (Lipinski definition) is 3. The van der Waals surface area contributed by atoms with E-state index in [9.17, 15) is 4.79 Å². The molecule has 2 rings (SSSR count). The Morgan fingerprint density at radius 2 is 2.13 bits per heavy atom. The molecule has 0 spiro atoms. The van der Waals surface area contributed by atoms with Crippen LogP contribution in [0.5, 0.6) is 11.5 Å². The number of ether oxygens (including phenoxy) is 2. The molecule has 4 nitrogen and oxygen atoms in total. The molecule has 0 saturated heterocycles. The molecule has 78 valence electrons. The second-order valence-corrected chi connectivity index (χ2v) is 3.13. The molecule has 1 aromatic heterocycles. The summed E-state index contributed by atoms with van der Waals surface area (Å²) in [6.07, 6.45) is 1.81. The number of aromatic nitrogens is 1. The second-order valence-electron chi connectivity index (χ2n) is 3.13. The number of hydrogen-bond donors (Lipinski definition) is 1. The summed E-state index contributed by atoms with van der Waals surface area (Å²) in [4.78, 5) is 13.9. The number of methoxy groups -OCH3 is 1. The van der Waals surface area contributed by atoms with Crippen molar-refractivity contribution in [3.05, 3.63) is 24.4 Å². The summed E-state index contributed by atoms with van der Waals surface area (Å²) in [6.45, 7) is 1.36. The van der Waals surface area contributed by atoms with Crippen LogP contribution in [-0.4, -0.2) is 18.1 Å². The molecule has 0 aliphatic heterocycles. The van der Waals surface area contributed by atoms with Gasteiger partial charge >= 0.3 is 5.97 Å². The van der Waals surface area contributed by atoms with Gasteiger partial charge in [-0.1, -0.05) is 0 Å². The van der Waals surface area contributed by atoms with E-state index in [1.165, 1.54) is 6.92 Å². The van der Waals surface area contributed by atoms with Crippen LogP contribution in [0, 0.1) is 0 Å². The number of carbonyl (C=O) groups excluding carboxylic acids is 1. The van der Waals surface area contributed by atoms with Crippen molar-refractivity contribution >= 4 is 16.9 Å². The number of esters is 1. The Morgan fingerprint density at radius 3 is 2.80 bits per heavy atom. The van der Waals surface area contributed by atoms with Crippen LogP contribution in [0.2, 0.25) is 0 Å². The summed E-state index contributed by atoms with van der Waals surface area (Å²) in [6, 6.07) is 5.51. The third-order valence-electron chi connectivity index (χ3n) is 2.10. The standard InChI is InChI=1S/C11H11NO3/c1-7(13)15-9-4-3-8-5-6-12-10(8)11(9)14-2/h3-6,12H,1-2H3. The van der Waals surface area contributed by atoms with Crippen molar-refractivity contribution in [3.8, 4) is 11.5 Å². The molecule has 1 N–H and O–H groups in total. The monoisotopic (exact) mass is 205 g/mol. The predicted octanol–water partition coefficient (Wildman–Crippen LogP) is 2.10. The van der Waals surface area contributed by atoms with Crippen molar-refractivity contribution in [2.45, 2.75) is 6.92 Å². The van der Waals surface area contributed by atoms with Crippen LogP contribution in [0.4, 0.5) is 0 Å². The topological polar surface area (TPSA) is 51.3 Å². The van der Waals surface area contributed by atoms with E-state index < -0.39 is 0 Å². The van der Waals surface area contributed by atoms with Gasteiger partial charge in [-0.15, -0.1) is 0 Å². The van der Waals surface area contributed by atoms with Crippen molar-refractivity contribution in [1.82, 2.24) is 4.98 Å². The molecular formula is C11H11NO3. The molecule has 0 amide bonds. The van der Waals surface area contributed by atoms with E-state index in [0.717, 1.165) is 10.9 Å². The van der Waals surface area contributed by atoms with Gasteiger partial charge < -0.3 is 14.5 Å². The molecule has 0 bridgehead atoms. The van der Waals surface area contributed by atoms with Crippen molar-refractivity contribution < 1.29 is 14.3 Å². The van der Waals surface area contributed by atoms with Gasteiger partial charge in [0.1, 0.15) is 0 Å². The first-order valence-corrected chi connectivity index (χ1v) is 4.55. The zero-order chi connectivity index (χ0) is 10.8. The largest absolute Gasteiger partial charge is 0.491 e. The van der Waals surface area contributed by atoms with E-state index in [1.807, 2.05) is 18.3 Å². The van der Waals surface area contributed by atoms with Crippen LogP contribution in [0.3, 0.4) is 0 Å². The second kappa shape index (κ2) is 3.65. The predicted molar refractivity (Wildman–Crippen MR) is 56.2 cm³/mol. The molecule has 4 heteroatoms. The van der Waals surface area contributed by atoms with Gasteiger partial charge in [0.25, 0.3) is 0 Å². The van der Waals surface area contributed by atoms with E-state index in [-0.39, 0.29) is 5.97 Å². The van der Waals surface area contributed by atoms with Crippen LogP contribution in [0.15, 0.2) is 24.4 Å². The van der Waals surface area contributed by atoms with Gasteiger partial charge in [-0.05, 0) is 18.2 Å². The Labute approximate surface area is 86.8 Å². The van der Waals surface area contributed by atoms with Crippen molar-refractivity contribution in [3.63, 3.8) is 0 Å². The van der Waals surface area contributed by atoms with Crippen molar-refractivity contribution in [1.29, 1.82) is 0 Å². The van der Waals surface area contributed by atoms with Gasteiger partial charge in [-0.25, -0.2) is 0 Å². The molecule has 2 aromatic rings. The average molecular weight is 205 g/mol. The normalized spacial score (nSPS) is 10.3. The van der Waals surface area contributed by atoms with Crippen LogP contribution < -0.4 is 9.47 Å². The highest BCUT2D eigenvalue weighted by Crippen LogP contribution is 2.34. The maximum Gasteiger partial charge on any atom is 0.308 e. The third kappa shape index (κ3) is 1.66. The number of nitrogens with one attached hydrogen (secondary N) is 1. The highest BCUT2D eigenvalue weighted by molar-refractivity contribution is 5.88. The molecule has 15 heavy (non-hydrogen) atoms. The Hall–Kier alpha value is -1.97. The molecule has 0 unspecified atom stereocenters. The zero-order valence-electron chi connectivity index (χ0n) is 8.53. The van der Waals surface area contributed by atoms with Gasteiger partial charge in [-0.2, -0.15) is 0 Å². The minimum atomic E-state index is -0.362. The summed E-state index contributed by atoms with van der Waals surface area (Å²) in [7, 11) is 1.54. The number of aromatic amines is 1. The molecule has 0 atom stereocenters. The van der Waals surface area contributed by atoms with Crippen LogP contribution in [-0.2, 0) is 4.79 Å². The number of fused-ring (bicyclic) bond motifs is 1. The lowest BCUT2D eigenvalue weighted by Crippen LogP contribution is -2.03. The molecule has 0 aliphatic carbocycles. The number of benzene rings is 1. The summed E-state index contributed by atoms with van der Waals surface area (Å²) in [5.74, 6) is 0.617. The van der Waals surface area contributed by atoms with E-state index in [4.69, 9.17) is 9.47 Å². The van der Waals surface area contributed by atoms with E-state index in [2.05, 4.69) is 4.98 Å². The fourth-order valence-corrected chi connectivity index (χ4v) is 1.52. The molecule has 0 fully saturated rings. The van der Waals surface area contributed by atoms with Crippen LogP contribution >= 0.6 is 0 Å². The quantitative estimate of drug-likeness (QED) is 0.603. The molecule has 0 saturated carbocycles. The van der Waals surface area contributed by atoms with Gasteiger partial charge in [0.05, 0.1) is 12.6 Å². The first-order chi connectivity index (χ1) is 7.22. The first kappa shape index (κ1) is 9.58. The number of rotatable bonds is 2. The molecular weight excluding hydrogens is 194 g/mol.